The minimum Gasteiger partial charge on any atom is -0.480 e. The Kier molecular flexibility index (Phi) is 5.56. The fraction of sp³-hybridized carbons (Fsp3) is 0.125. The van der Waals surface area contributed by atoms with Crippen LogP contribution in [0.2, 0.25) is 5.02 Å². The highest BCUT2D eigenvalue weighted by molar-refractivity contribution is 6.30. The number of hydrogen-bond acceptors (Lipinski definition) is 3. The first-order chi connectivity index (χ1) is 10.9. The molecule has 6 nitrogen and oxygen atoms in total. The van der Waals surface area contributed by atoms with Gasteiger partial charge in [-0.05, 0) is 48.4 Å². The second kappa shape index (κ2) is 7.62. The Balaban J connectivity index is 1.91. The first-order valence-corrected chi connectivity index (χ1v) is 7.23. The third kappa shape index (κ3) is 5.28. The van der Waals surface area contributed by atoms with E-state index in [4.69, 9.17) is 22.4 Å². The lowest BCUT2D eigenvalue weighted by Gasteiger charge is -2.09. The zero-order valence-corrected chi connectivity index (χ0v) is 12.9. The smallest absolute Gasteiger partial charge is 0.323 e. The van der Waals surface area contributed by atoms with Crippen LogP contribution >= 0.6 is 11.6 Å². The largest absolute Gasteiger partial charge is 0.480 e. The maximum atomic E-state index is 11.9. The summed E-state index contributed by atoms with van der Waals surface area (Å²) in [5.74, 6) is -1.05. The molecule has 0 radical (unpaired) electrons. The van der Waals surface area contributed by atoms with Crippen LogP contribution in [0.15, 0.2) is 48.5 Å². The Bertz CT molecular complexity index is 687. The van der Waals surface area contributed by atoms with Crippen molar-refractivity contribution < 1.29 is 14.7 Å². The Hall–Kier alpha value is -2.57. The van der Waals surface area contributed by atoms with Gasteiger partial charge in [0.1, 0.15) is 6.04 Å². The predicted molar refractivity (Wildman–Crippen MR) is 89.9 cm³/mol. The van der Waals surface area contributed by atoms with Crippen molar-refractivity contribution in [3.05, 3.63) is 59.1 Å². The number of aliphatic carboxylic acids is 1. The summed E-state index contributed by atoms with van der Waals surface area (Å²) in [6.45, 7) is 0. The van der Waals surface area contributed by atoms with E-state index >= 15 is 0 Å². The summed E-state index contributed by atoms with van der Waals surface area (Å²) in [5, 5.41) is 14.7. The number of hydrogen-bond donors (Lipinski definition) is 4. The third-order valence-electron chi connectivity index (χ3n) is 3.09. The van der Waals surface area contributed by atoms with Gasteiger partial charge in [-0.1, -0.05) is 23.7 Å². The zero-order chi connectivity index (χ0) is 16.8. The molecule has 5 N–H and O–H groups in total. The number of anilines is 2. The second-order valence-corrected chi connectivity index (χ2v) is 5.37. The number of carboxylic acid groups (broad SMARTS) is 1. The molecule has 2 aromatic rings. The summed E-state index contributed by atoms with van der Waals surface area (Å²) in [7, 11) is 0. The normalized spacial score (nSPS) is 11.6. The van der Waals surface area contributed by atoms with Crippen molar-refractivity contribution in [1.29, 1.82) is 0 Å². The maximum absolute atomic E-state index is 11.9. The standard InChI is InChI=1S/C16H16ClN3O3/c17-11-3-7-13(8-4-11)20-16(23)19-12-5-1-10(2-6-12)9-14(18)15(21)22/h1-8,14H,9,18H2,(H,21,22)(H2,19,20,23)/t14-/m1/s1. The van der Waals surface area contributed by atoms with E-state index in [1.54, 1.807) is 48.5 Å². The van der Waals surface area contributed by atoms with Crippen molar-refractivity contribution in [3.63, 3.8) is 0 Å². The SMILES string of the molecule is N[C@H](Cc1ccc(NC(=O)Nc2ccc(Cl)cc2)cc1)C(=O)O. The predicted octanol–water partition coefficient (Wildman–Crippen LogP) is 2.94. The van der Waals surface area contributed by atoms with Gasteiger partial charge in [-0.15, -0.1) is 0 Å². The molecule has 2 rings (SSSR count). The van der Waals surface area contributed by atoms with Crippen LogP contribution in [-0.4, -0.2) is 23.1 Å². The molecule has 0 saturated heterocycles. The van der Waals surface area contributed by atoms with Crippen molar-refractivity contribution in [3.8, 4) is 0 Å². The summed E-state index contributed by atoms with van der Waals surface area (Å²) in [4.78, 5) is 22.6. The molecule has 0 spiro atoms. The van der Waals surface area contributed by atoms with E-state index in [1.165, 1.54) is 0 Å². The lowest BCUT2D eigenvalue weighted by Crippen LogP contribution is -2.32. The molecule has 120 valence electrons. The van der Waals surface area contributed by atoms with Crippen LogP contribution in [0.1, 0.15) is 5.56 Å². The number of carbonyl (C=O) groups excluding carboxylic acids is 1. The highest BCUT2D eigenvalue weighted by Crippen LogP contribution is 2.15. The Morgan fingerprint density at radius 2 is 1.48 bits per heavy atom. The van der Waals surface area contributed by atoms with E-state index in [1.807, 2.05) is 0 Å². The van der Waals surface area contributed by atoms with Gasteiger partial charge in [0.05, 0.1) is 0 Å². The van der Waals surface area contributed by atoms with Crippen LogP contribution in [0.4, 0.5) is 16.2 Å². The third-order valence-corrected chi connectivity index (χ3v) is 3.34. The Labute approximate surface area is 138 Å². The van der Waals surface area contributed by atoms with Gasteiger partial charge in [0.2, 0.25) is 0 Å². The number of rotatable bonds is 5. The monoisotopic (exact) mass is 333 g/mol. The van der Waals surface area contributed by atoms with E-state index in [-0.39, 0.29) is 12.5 Å². The minimum atomic E-state index is -1.05. The van der Waals surface area contributed by atoms with E-state index in [0.717, 1.165) is 5.56 Å². The fourth-order valence-corrected chi connectivity index (χ4v) is 2.02. The van der Waals surface area contributed by atoms with Gasteiger partial charge in [-0.2, -0.15) is 0 Å². The average Bonchev–Trinajstić information content (AvgIpc) is 2.51. The fourth-order valence-electron chi connectivity index (χ4n) is 1.89. The van der Waals surface area contributed by atoms with Crippen molar-refractivity contribution in [2.75, 3.05) is 10.6 Å². The van der Waals surface area contributed by atoms with E-state index in [0.29, 0.717) is 16.4 Å². The van der Waals surface area contributed by atoms with E-state index in [9.17, 15) is 9.59 Å². The number of halogens is 1. The molecule has 0 aliphatic heterocycles. The number of nitrogens with one attached hydrogen (secondary N) is 2. The molecule has 0 aliphatic rings. The molecule has 0 aliphatic carbocycles. The van der Waals surface area contributed by atoms with Crippen molar-refractivity contribution >= 4 is 35.0 Å². The minimum absolute atomic E-state index is 0.229. The van der Waals surface area contributed by atoms with Crippen LogP contribution in [0, 0.1) is 0 Å². The highest BCUT2D eigenvalue weighted by Gasteiger charge is 2.12. The van der Waals surface area contributed by atoms with Crippen molar-refractivity contribution in [1.82, 2.24) is 0 Å². The summed E-state index contributed by atoms with van der Waals surface area (Å²) >= 11 is 5.77. The summed E-state index contributed by atoms with van der Waals surface area (Å²) in [6, 6.07) is 12.2. The molecule has 2 aromatic carbocycles. The summed E-state index contributed by atoms with van der Waals surface area (Å²) < 4.78 is 0. The zero-order valence-electron chi connectivity index (χ0n) is 12.1. The molecule has 1 atom stereocenters. The molecule has 0 unspecified atom stereocenters. The van der Waals surface area contributed by atoms with Gasteiger partial charge in [0, 0.05) is 16.4 Å². The summed E-state index contributed by atoms with van der Waals surface area (Å²) in [6.07, 6.45) is 0.229. The van der Waals surface area contributed by atoms with Crippen LogP contribution in [0.5, 0.6) is 0 Å². The first kappa shape index (κ1) is 16.8. The molecule has 23 heavy (non-hydrogen) atoms. The molecule has 7 heteroatoms. The van der Waals surface area contributed by atoms with Gasteiger partial charge in [-0.3, -0.25) is 4.79 Å². The van der Waals surface area contributed by atoms with Crippen LogP contribution < -0.4 is 16.4 Å². The number of nitrogens with two attached hydrogens (primary N) is 1. The first-order valence-electron chi connectivity index (χ1n) is 6.85. The lowest BCUT2D eigenvalue weighted by atomic mass is 10.1. The number of urea groups is 1. The van der Waals surface area contributed by atoms with Gasteiger partial charge in [0.15, 0.2) is 0 Å². The lowest BCUT2D eigenvalue weighted by molar-refractivity contribution is -0.138. The quantitative estimate of drug-likeness (QED) is 0.675. The topological polar surface area (TPSA) is 104 Å². The Morgan fingerprint density at radius 1 is 1.00 bits per heavy atom. The molecule has 0 saturated carbocycles. The van der Waals surface area contributed by atoms with Gasteiger partial charge < -0.3 is 21.5 Å². The molecule has 0 aromatic heterocycles. The molecular formula is C16H16ClN3O3. The average molecular weight is 334 g/mol. The van der Waals surface area contributed by atoms with Crippen LogP contribution in [-0.2, 0) is 11.2 Å². The molecule has 0 fully saturated rings. The number of benzene rings is 2. The molecule has 2 amide bonds. The van der Waals surface area contributed by atoms with Gasteiger partial charge >= 0.3 is 12.0 Å². The van der Waals surface area contributed by atoms with Crippen LogP contribution in [0.25, 0.3) is 0 Å². The van der Waals surface area contributed by atoms with E-state index in [2.05, 4.69) is 10.6 Å². The Morgan fingerprint density at radius 3 is 1.96 bits per heavy atom. The van der Waals surface area contributed by atoms with Crippen molar-refractivity contribution in [2.45, 2.75) is 12.5 Å². The molecule has 0 heterocycles. The van der Waals surface area contributed by atoms with Gasteiger partial charge in [0.25, 0.3) is 0 Å². The molecule has 0 bridgehead atoms. The van der Waals surface area contributed by atoms with Crippen LogP contribution in [0.3, 0.4) is 0 Å². The second-order valence-electron chi connectivity index (χ2n) is 4.93. The summed E-state index contributed by atoms with van der Waals surface area (Å²) in [5.41, 5.74) is 7.46. The maximum Gasteiger partial charge on any atom is 0.323 e. The number of carboxylic acids is 1. The van der Waals surface area contributed by atoms with E-state index < -0.39 is 12.0 Å². The number of carbonyl (C=O) groups is 2. The molecular weight excluding hydrogens is 318 g/mol. The highest BCUT2D eigenvalue weighted by atomic mass is 35.5. The number of amides is 2. The van der Waals surface area contributed by atoms with Gasteiger partial charge in [-0.25, -0.2) is 4.79 Å². The van der Waals surface area contributed by atoms with Crippen molar-refractivity contribution in [2.24, 2.45) is 5.73 Å².